The van der Waals surface area contributed by atoms with Gasteiger partial charge in [-0.1, -0.05) is 140 Å². The number of nitrogens with zero attached hydrogens (tertiary/aromatic N) is 2. The van der Waals surface area contributed by atoms with Gasteiger partial charge in [0.2, 0.25) is 0 Å². The molecule has 1 heterocycles. The molecule has 0 fully saturated rings. The van der Waals surface area contributed by atoms with Gasteiger partial charge in [-0.3, -0.25) is 0 Å². The summed E-state index contributed by atoms with van der Waals surface area (Å²) in [5.41, 5.74) is 14.0. The minimum Gasteiger partial charge on any atom is -0.228 e. The van der Waals surface area contributed by atoms with E-state index in [0.717, 1.165) is 46.7 Å². The van der Waals surface area contributed by atoms with Gasteiger partial charge < -0.3 is 0 Å². The molecule has 0 N–H and O–H groups in total. The molecule has 2 aliphatic rings. The predicted octanol–water partition coefficient (Wildman–Crippen LogP) is 10.6. The molecular weight excluding hydrogens is 532 g/mol. The second kappa shape index (κ2) is 10.7. The van der Waals surface area contributed by atoms with Crippen LogP contribution >= 0.6 is 0 Å². The van der Waals surface area contributed by atoms with E-state index in [1.807, 2.05) is 6.07 Å². The van der Waals surface area contributed by atoms with Crippen molar-refractivity contribution < 1.29 is 0 Å². The van der Waals surface area contributed by atoms with Gasteiger partial charge in [-0.2, -0.15) is 0 Å². The fourth-order valence-electron chi connectivity index (χ4n) is 7.09. The average Bonchev–Trinajstić information content (AvgIpc) is 3.38. The first-order chi connectivity index (χ1) is 21.7. The Labute approximate surface area is 259 Å². The maximum absolute atomic E-state index is 5.31. The summed E-state index contributed by atoms with van der Waals surface area (Å²) in [6.45, 7) is 2.40. The van der Waals surface area contributed by atoms with Gasteiger partial charge in [0.1, 0.15) is 0 Å². The zero-order valence-corrected chi connectivity index (χ0v) is 24.7. The van der Waals surface area contributed by atoms with Crippen LogP contribution in [-0.4, -0.2) is 9.97 Å². The summed E-state index contributed by atoms with van der Waals surface area (Å²) in [6.07, 6.45) is 6.76. The lowest BCUT2D eigenvalue weighted by Crippen LogP contribution is -2.24. The summed E-state index contributed by atoms with van der Waals surface area (Å²) >= 11 is 0. The molecule has 0 saturated carbocycles. The van der Waals surface area contributed by atoms with Crippen molar-refractivity contribution >= 4 is 5.57 Å². The zero-order chi connectivity index (χ0) is 29.5. The number of allylic oxidation sites excluding steroid dienone is 4. The van der Waals surface area contributed by atoms with Gasteiger partial charge in [-0.15, -0.1) is 0 Å². The molecule has 0 aliphatic heterocycles. The van der Waals surface area contributed by atoms with Gasteiger partial charge in [-0.25, -0.2) is 9.97 Å². The molecule has 44 heavy (non-hydrogen) atoms. The molecule has 210 valence electrons. The number of rotatable bonds is 5. The Bertz CT molecular complexity index is 2060. The van der Waals surface area contributed by atoms with Gasteiger partial charge in [0.05, 0.1) is 11.4 Å². The van der Waals surface area contributed by atoms with Crippen LogP contribution in [0.1, 0.15) is 36.5 Å². The molecule has 2 nitrogen and oxygen atoms in total. The number of hydrogen-bond acceptors (Lipinski definition) is 2. The van der Waals surface area contributed by atoms with E-state index in [9.17, 15) is 0 Å². The van der Waals surface area contributed by atoms with Crippen molar-refractivity contribution in [1.29, 1.82) is 0 Å². The summed E-state index contributed by atoms with van der Waals surface area (Å²) in [5, 5.41) is 0. The topological polar surface area (TPSA) is 25.8 Å². The Kier molecular flexibility index (Phi) is 6.42. The molecule has 8 rings (SSSR count). The van der Waals surface area contributed by atoms with E-state index in [-0.39, 0.29) is 5.41 Å². The minimum absolute atomic E-state index is 0.198. The number of benzene rings is 5. The predicted molar refractivity (Wildman–Crippen MR) is 182 cm³/mol. The van der Waals surface area contributed by atoms with Crippen molar-refractivity contribution in [3.63, 3.8) is 0 Å². The van der Waals surface area contributed by atoms with Gasteiger partial charge in [-0.05, 0) is 70.9 Å². The summed E-state index contributed by atoms with van der Waals surface area (Å²) < 4.78 is 0. The smallest absolute Gasteiger partial charge is 0.161 e. The van der Waals surface area contributed by atoms with Crippen molar-refractivity contribution in [2.45, 2.75) is 25.2 Å². The Morgan fingerprint density at radius 3 is 1.93 bits per heavy atom. The molecule has 2 heteroatoms. The van der Waals surface area contributed by atoms with Crippen molar-refractivity contribution in [3.05, 3.63) is 174 Å². The molecular formula is C42H32N2. The molecule has 1 atom stereocenters. The highest BCUT2D eigenvalue weighted by Gasteiger charge is 2.43. The molecule has 0 bridgehead atoms. The molecule has 0 radical (unpaired) electrons. The third-order valence-corrected chi connectivity index (χ3v) is 9.30. The van der Waals surface area contributed by atoms with E-state index < -0.39 is 0 Å². The zero-order valence-electron chi connectivity index (χ0n) is 24.7. The fourth-order valence-corrected chi connectivity index (χ4v) is 7.09. The van der Waals surface area contributed by atoms with E-state index in [1.165, 1.54) is 39.0 Å². The first-order valence-corrected chi connectivity index (χ1v) is 15.4. The van der Waals surface area contributed by atoms with E-state index in [2.05, 4.69) is 153 Å². The summed E-state index contributed by atoms with van der Waals surface area (Å²) in [7, 11) is 0. The maximum Gasteiger partial charge on any atom is 0.161 e. The van der Waals surface area contributed by atoms with E-state index in [0.29, 0.717) is 0 Å². The van der Waals surface area contributed by atoms with Crippen LogP contribution < -0.4 is 0 Å². The second-order valence-electron chi connectivity index (χ2n) is 11.8. The molecule has 1 unspecified atom stereocenters. The van der Waals surface area contributed by atoms with Gasteiger partial charge >= 0.3 is 0 Å². The van der Waals surface area contributed by atoms with E-state index in [4.69, 9.17) is 9.97 Å². The quantitative estimate of drug-likeness (QED) is 0.208. The Morgan fingerprint density at radius 1 is 0.568 bits per heavy atom. The molecule has 1 aromatic heterocycles. The summed E-state index contributed by atoms with van der Waals surface area (Å²) in [6, 6.07) is 49.4. The molecule has 5 aromatic carbocycles. The fraction of sp³-hybridized carbons (Fsp3) is 0.0952. The van der Waals surface area contributed by atoms with Crippen molar-refractivity contribution in [2.24, 2.45) is 0 Å². The lowest BCUT2D eigenvalue weighted by molar-refractivity contribution is 0.652. The van der Waals surface area contributed by atoms with Crippen LogP contribution in [0.2, 0.25) is 0 Å². The lowest BCUT2D eigenvalue weighted by atomic mass is 9.71. The highest BCUT2D eigenvalue weighted by atomic mass is 14.9. The normalized spacial score (nSPS) is 16.9. The van der Waals surface area contributed by atoms with Crippen molar-refractivity contribution in [1.82, 2.24) is 9.97 Å². The largest absolute Gasteiger partial charge is 0.228 e. The van der Waals surface area contributed by atoms with E-state index >= 15 is 0 Å². The van der Waals surface area contributed by atoms with Crippen molar-refractivity contribution in [2.75, 3.05) is 0 Å². The number of aromatic nitrogens is 2. The number of hydrogen-bond donors (Lipinski definition) is 0. The summed E-state index contributed by atoms with van der Waals surface area (Å²) in [5.74, 6) is 0.756. The van der Waals surface area contributed by atoms with E-state index in [1.54, 1.807) is 0 Å². The van der Waals surface area contributed by atoms with Gasteiger partial charge in [0.25, 0.3) is 0 Å². The average molecular weight is 565 g/mol. The van der Waals surface area contributed by atoms with Crippen LogP contribution in [0.25, 0.3) is 50.6 Å². The Balaban J connectivity index is 1.35. The monoisotopic (exact) mass is 564 g/mol. The van der Waals surface area contributed by atoms with Crippen LogP contribution in [0.3, 0.4) is 0 Å². The molecule has 0 saturated heterocycles. The minimum atomic E-state index is -0.198. The second-order valence-corrected chi connectivity index (χ2v) is 11.8. The molecule has 6 aromatic rings. The van der Waals surface area contributed by atoms with Crippen LogP contribution in [0, 0.1) is 0 Å². The first kappa shape index (κ1) is 26.3. The van der Waals surface area contributed by atoms with Crippen molar-refractivity contribution in [3.8, 4) is 45.0 Å². The number of fused-ring (bicyclic) bond motifs is 2. The van der Waals surface area contributed by atoms with Crippen LogP contribution in [0.4, 0.5) is 0 Å². The summed E-state index contributed by atoms with van der Waals surface area (Å²) in [4.78, 5) is 10.6. The van der Waals surface area contributed by atoms with Crippen LogP contribution in [-0.2, 0) is 5.41 Å². The van der Waals surface area contributed by atoms with Crippen LogP contribution in [0.5, 0.6) is 0 Å². The highest BCUT2D eigenvalue weighted by molar-refractivity contribution is 5.95. The molecule has 2 aliphatic carbocycles. The maximum atomic E-state index is 5.31. The lowest BCUT2D eigenvalue weighted by Gasteiger charge is -2.31. The SMILES string of the molecule is CC1(c2ccccc2)C2=C(C=CCC2)c2c(-c3nc(-c4ccccc4)cc(-c4cccc(-c5ccccc5)c4)n3)cccc21. The Hall–Kier alpha value is -5.34. The highest BCUT2D eigenvalue weighted by Crippen LogP contribution is 2.55. The first-order valence-electron chi connectivity index (χ1n) is 15.4. The molecule has 0 spiro atoms. The third kappa shape index (κ3) is 4.34. The molecule has 0 amide bonds. The third-order valence-electron chi connectivity index (χ3n) is 9.30. The van der Waals surface area contributed by atoms with Crippen LogP contribution in [0.15, 0.2) is 157 Å². The van der Waals surface area contributed by atoms with Gasteiger partial charge in [0.15, 0.2) is 5.82 Å². The Morgan fingerprint density at radius 2 is 1.18 bits per heavy atom. The standard InChI is InChI=1S/C42H32N2/c1-42(33-21-9-4-10-22-33)36-25-12-11-23-34(36)40-35(24-14-26-37(40)42)41-43-38(30-17-7-3-8-18-30)28-39(44-41)32-20-13-19-31(27-32)29-15-5-2-6-16-29/h2-11,13-24,26-28H,12,25H2,1H3. The van der Waals surface area contributed by atoms with Gasteiger partial charge in [0, 0.05) is 22.1 Å².